The largest absolute Gasteiger partial charge is 0.525 e. The maximum atomic E-state index is 15.2. The molecule has 2 aromatic carbocycles. The third kappa shape index (κ3) is 3.20. The Bertz CT molecular complexity index is 1160. The van der Waals surface area contributed by atoms with Crippen molar-refractivity contribution < 1.29 is 22.9 Å². The first-order chi connectivity index (χ1) is 13.5. The topological polar surface area (TPSA) is 48.7 Å². The second-order valence-electron chi connectivity index (χ2n) is 8.64. The second-order valence-corrected chi connectivity index (χ2v) is 8.64. The van der Waals surface area contributed by atoms with Gasteiger partial charge in [0.1, 0.15) is 16.9 Å². The molecule has 1 fully saturated rings. The molecule has 0 atom stereocenters. The first-order valence-corrected chi connectivity index (χ1v) is 9.70. The summed E-state index contributed by atoms with van der Waals surface area (Å²) >= 11 is 0. The Labute approximate surface area is 169 Å². The lowest BCUT2D eigenvalue weighted by Gasteiger charge is -2.32. The quantitative estimate of drug-likeness (QED) is 0.397. The van der Waals surface area contributed by atoms with Crippen LogP contribution in [0.3, 0.4) is 0 Å². The van der Waals surface area contributed by atoms with Gasteiger partial charge < -0.3 is 13.7 Å². The standard InChI is InChI=1S/C23H24BFO4/c1-13(21(25)24-28-22(3,4)23(5,6)29-24)15-7-9-19-17(11-15)18-12-16(14(2)26)8-10-20(18)27-19/h7-12H,1-6H3. The summed E-state index contributed by atoms with van der Waals surface area (Å²) in [6.07, 6.45) is 0. The lowest BCUT2D eigenvalue weighted by Crippen LogP contribution is -2.41. The van der Waals surface area contributed by atoms with Crippen LogP contribution in [0.1, 0.15) is 57.5 Å². The van der Waals surface area contributed by atoms with Gasteiger partial charge in [0.15, 0.2) is 5.78 Å². The number of hydrogen-bond acceptors (Lipinski definition) is 4. The van der Waals surface area contributed by atoms with Gasteiger partial charge in [-0.1, -0.05) is 6.07 Å². The highest BCUT2D eigenvalue weighted by Gasteiger charge is 2.53. The van der Waals surface area contributed by atoms with E-state index in [1.807, 2.05) is 52.0 Å². The number of carbonyl (C=O) groups excluding carboxylic acids is 1. The van der Waals surface area contributed by atoms with E-state index in [0.29, 0.717) is 27.9 Å². The molecule has 0 N–H and O–H groups in total. The molecule has 150 valence electrons. The SMILES string of the molecule is CC(=O)c1ccc2oc3ccc(C(C)=C(F)B4OC(C)(C)C(C)(C)O4)cc3c2c1. The summed E-state index contributed by atoms with van der Waals surface area (Å²) < 4.78 is 32.8. The Morgan fingerprint density at radius 3 is 1.86 bits per heavy atom. The van der Waals surface area contributed by atoms with Crippen LogP contribution < -0.4 is 0 Å². The smallest absolute Gasteiger partial charge is 0.456 e. The van der Waals surface area contributed by atoms with E-state index < -0.39 is 24.0 Å². The summed E-state index contributed by atoms with van der Waals surface area (Å²) in [6.45, 7) is 10.8. The summed E-state index contributed by atoms with van der Waals surface area (Å²) in [7, 11) is -1.04. The van der Waals surface area contributed by atoms with Crippen molar-refractivity contribution in [1.29, 1.82) is 0 Å². The highest BCUT2D eigenvalue weighted by molar-refractivity contribution is 6.55. The van der Waals surface area contributed by atoms with E-state index in [0.717, 1.165) is 10.8 Å². The molecule has 0 unspecified atom stereocenters. The van der Waals surface area contributed by atoms with Crippen LogP contribution in [-0.2, 0) is 9.31 Å². The van der Waals surface area contributed by atoms with Crippen LogP contribution in [0.4, 0.5) is 4.39 Å². The predicted octanol–water partition coefficient (Wildman–Crippen LogP) is 6.12. The van der Waals surface area contributed by atoms with Gasteiger partial charge in [-0.15, -0.1) is 0 Å². The molecule has 0 spiro atoms. The van der Waals surface area contributed by atoms with Crippen molar-refractivity contribution in [2.24, 2.45) is 0 Å². The van der Waals surface area contributed by atoms with Gasteiger partial charge in [0.05, 0.1) is 11.2 Å². The first-order valence-electron chi connectivity index (χ1n) is 9.70. The van der Waals surface area contributed by atoms with Crippen molar-refractivity contribution in [1.82, 2.24) is 0 Å². The minimum absolute atomic E-state index is 0.0136. The zero-order valence-electron chi connectivity index (χ0n) is 17.6. The number of allylic oxidation sites excluding steroid dienone is 1. The van der Waals surface area contributed by atoms with Crippen LogP contribution in [-0.4, -0.2) is 24.1 Å². The van der Waals surface area contributed by atoms with Crippen LogP contribution >= 0.6 is 0 Å². The molecule has 0 radical (unpaired) electrons. The minimum atomic E-state index is -1.04. The zero-order chi connectivity index (χ0) is 21.1. The molecule has 1 saturated heterocycles. The highest BCUT2D eigenvalue weighted by atomic mass is 19.1. The van der Waals surface area contributed by atoms with Crippen LogP contribution in [0.5, 0.6) is 0 Å². The molecule has 1 aliphatic heterocycles. The van der Waals surface area contributed by atoms with Crippen molar-refractivity contribution in [3.05, 3.63) is 53.3 Å². The molecule has 0 aliphatic carbocycles. The van der Waals surface area contributed by atoms with Gasteiger partial charge in [-0.25, -0.2) is 4.39 Å². The number of furan rings is 1. The Balaban J connectivity index is 1.79. The van der Waals surface area contributed by atoms with E-state index >= 15 is 4.39 Å². The average Bonchev–Trinajstić information content (AvgIpc) is 3.12. The Kier molecular flexibility index (Phi) is 4.48. The molecule has 4 rings (SSSR count). The fourth-order valence-corrected chi connectivity index (χ4v) is 3.49. The monoisotopic (exact) mass is 394 g/mol. The number of benzene rings is 2. The number of halogens is 1. The molecule has 0 bridgehead atoms. The molecular formula is C23H24BFO4. The van der Waals surface area contributed by atoms with Crippen molar-refractivity contribution in [2.45, 2.75) is 52.7 Å². The molecule has 0 amide bonds. The molecule has 3 aromatic rings. The van der Waals surface area contributed by atoms with Crippen LogP contribution in [0.25, 0.3) is 27.5 Å². The number of ketones is 1. The maximum Gasteiger partial charge on any atom is 0.525 e. The number of rotatable bonds is 3. The molecule has 2 heterocycles. The minimum Gasteiger partial charge on any atom is -0.456 e. The molecule has 29 heavy (non-hydrogen) atoms. The van der Waals surface area contributed by atoms with Crippen LogP contribution in [0.2, 0.25) is 0 Å². The molecular weight excluding hydrogens is 370 g/mol. The normalized spacial score (nSPS) is 19.1. The fourth-order valence-electron chi connectivity index (χ4n) is 3.49. The Morgan fingerprint density at radius 1 is 0.862 bits per heavy atom. The molecule has 4 nitrogen and oxygen atoms in total. The van der Waals surface area contributed by atoms with E-state index in [1.165, 1.54) is 6.92 Å². The lowest BCUT2D eigenvalue weighted by atomic mass is 9.83. The van der Waals surface area contributed by atoms with E-state index in [2.05, 4.69) is 0 Å². The fraction of sp³-hybridized carbons (Fsp3) is 0.348. The van der Waals surface area contributed by atoms with E-state index in [9.17, 15) is 4.79 Å². The first kappa shape index (κ1) is 19.9. The Hall–Kier alpha value is -2.44. The highest BCUT2D eigenvalue weighted by Crippen LogP contribution is 2.40. The lowest BCUT2D eigenvalue weighted by molar-refractivity contribution is 0.00578. The maximum absolute atomic E-state index is 15.2. The molecule has 1 aliphatic rings. The molecule has 6 heteroatoms. The summed E-state index contributed by atoms with van der Waals surface area (Å²) in [5.74, 6) is -0.0136. The summed E-state index contributed by atoms with van der Waals surface area (Å²) in [6, 6.07) is 10.9. The number of hydrogen-bond donors (Lipinski definition) is 0. The van der Waals surface area contributed by atoms with E-state index in [1.54, 1.807) is 19.1 Å². The molecule has 1 aromatic heterocycles. The number of Topliss-reactive ketones (excluding diaryl/α,β-unsaturated/α-hetero) is 1. The zero-order valence-corrected chi connectivity index (χ0v) is 17.6. The van der Waals surface area contributed by atoms with Crippen LogP contribution in [0.15, 0.2) is 46.5 Å². The summed E-state index contributed by atoms with van der Waals surface area (Å²) in [5, 5.41) is 1.67. The second kappa shape index (κ2) is 6.54. The van der Waals surface area contributed by atoms with Gasteiger partial charge >= 0.3 is 7.12 Å². The van der Waals surface area contributed by atoms with Gasteiger partial charge in [-0.05, 0) is 83.0 Å². The molecule has 0 saturated carbocycles. The van der Waals surface area contributed by atoms with Gasteiger partial charge in [0.25, 0.3) is 0 Å². The van der Waals surface area contributed by atoms with E-state index in [-0.39, 0.29) is 5.78 Å². The van der Waals surface area contributed by atoms with Crippen molar-refractivity contribution in [2.75, 3.05) is 0 Å². The third-order valence-electron chi connectivity index (χ3n) is 6.13. The number of fused-ring (bicyclic) bond motifs is 3. The van der Waals surface area contributed by atoms with Crippen LogP contribution in [0, 0.1) is 0 Å². The number of carbonyl (C=O) groups is 1. The average molecular weight is 394 g/mol. The van der Waals surface area contributed by atoms with Gasteiger partial charge in [-0.3, -0.25) is 4.79 Å². The third-order valence-corrected chi connectivity index (χ3v) is 6.13. The van der Waals surface area contributed by atoms with Crippen molar-refractivity contribution in [3.8, 4) is 0 Å². The predicted molar refractivity (Wildman–Crippen MR) is 114 cm³/mol. The van der Waals surface area contributed by atoms with Gasteiger partial charge in [-0.2, -0.15) is 0 Å². The van der Waals surface area contributed by atoms with Crippen molar-refractivity contribution >= 4 is 40.4 Å². The summed E-state index contributed by atoms with van der Waals surface area (Å²) in [4.78, 5) is 11.7. The van der Waals surface area contributed by atoms with Gasteiger partial charge in [0.2, 0.25) is 0 Å². The summed E-state index contributed by atoms with van der Waals surface area (Å²) in [5.41, 5.74) is 1.49. The van der Waals surface area contributed by atoms with Gasteiger partial charge in [0, 0.05) is 16.3 Å². The Morgan fingerprint density at radius 2 is 1.34 bits per heavy atom. The van der Waals surface area contributed by atoms with E-state index in [4.69, 9.17) is 13.7 Å². The van der Waals surface area contributed by atoms with Crippen molar-refractivity contribution in [3.63, 3.8) is 0 Å².